The van der Waals surface area contributed by atoms with Gasteiger partial charge >= 0.3 is 0 Å². The highest BCUT2D eigenvalue weighted by Gasteiger charge is 2.45. The third-order valence-electron chi connectivity index (χ3n) is 5.68. The fourth-order valence-corrected chi connectivity index (χ4v) is 4.01. The Kier molecular flexibility index (Phi) is 4.17. The molecular formula is C24H23NO. The van der Waals surface area contributed by atoms with Crippen LogP contribution in [0, 0.1) is 18.3 Å². The summed E-state index contributed by atoms with van der Waals surface area (Å²) in [5, 5.41) is 1.06. The van der Waals surface area contributed by atoms with Crippen LogP contribution in [0.3, 0.4) is 0 Å². The number of terminal acetylenes is 1. The number of benzene rings is 2. The monoisotopic (exact) mass is 341 g/mol. The average Bonchev–Trinajstić information content (AvgIpc) is 3.51. The van der Waals surface area contributed by atoms with Crippen LogP contribution in [-0.4, -0.2) is 4.98 Å². The summed E-state index contributed by atoms with van der Waals surface area (Å²) in [5.74, 6) is 3.66. The second kappa shape index (κ2) is 6.50. The summed E-state index contributed by atoms with van der Waals surface area (Å²) in [4.78, 5) is 15.3. The van der Waals surface area contributed by atoms with E-state index in [0.29, 0.717) is 5.92 Å². The van der Waals surface area contributed by atoms with Crippen LogP contribution in [0.4, 0.5) is 0 Å². The molecule has 1 aliphatic carbocycles. The zero-order valence-corrected chi connectivity index (χ0v) is 15.1. The Bertz CT molecular complexity index is 1040. The van der Waals surface area contributed by atoms with Crippen LogP contribution in [-0.2, 0) is 18.3 Å². The highest BCUT2D eigenvalue weighted by molar-refractivity contribution is 5.80. The quantitative estimate of drug-likeness (QED) is 0.675. The van der Waals surface area contributed by atoms with Crippen molar-refractivity contribution in [2.24, 2.45) is 5.92 Å². The summed E-state index contributed by atoms with van der Waals surface area (Å²) in [6.45, 7) is 2.00. The van der Waals surface area contributed by atoms with Gasteiger partial charge in [-0.25, -0.2) is 0 Å². The van der Waals surface area contributed by atoms with Crippen molar-refractivity contribution in [1.82, 2.24) is 4.98 Å². The van der Waals surface area contributed by atoms with Crippen molar-refractivity contribution in [3.63, 3.8) is 0 Å². The molecule has 2 aromatic carbocycles. The minimum absolute atomic E-state index is 0.00191. The molecule has 3 aromatic rings. The van der Waals surface area contributed by atoms with E-state index in [1.807, 2.05) is 19.1 Å². The number of pyridine rings is 1. The molecule has 1 atom stereocenters. The van der Waals surface area contributed by atoms with Crippen molar-refractivity contribution >= 4 is 10.9 Å². The van der Waals surface area contributed by atoms with Crippen LogP contribution in [0.25, 0.3) is 10.9 Å². The van der Waals surface area contributed by atoms with Gasteiger partial charge < -0.3 is 4.98 Å². The van der Waals surface area contributed by atoms with Gasteiger partial charge in [0, 0.05) is 11.1 Å². The SMILES string of the molecule is C#CC(Cc1ccccc1)(c1ccc2cc(CC)c(=O)[nH]c2c1)C1CC1. The number of fused-ring (bicyclic) bond motifs is 1. The molecule has 2 heteroatoms. The minimum atomic E-state index is -0.310. The van der Waals surface area contributed by atoms with E-state index < -0.39 is 0 Å². The highest BCUT2D eigenvalue weighted by Crippen LogP contribution is 2.49. The first kappa shape index (κ1) is 16.7. The molecule has 130 valence electrons. The molecule has 0 bridgehead atoms. The zero-order chi connectivity index (χ0) is 18.1. The number of aromatic nitrogens is 1. The molecular weight excluding hydrogens is 318 g/mol. The molecule has 26 heavy (non-hydrogen) atoms. The van der Waals surface area contributed by atoms with E-state index in [0.717, 1.165) is 34.9 Å². The number of hydrogen-bond acceptors (Lipinski definition) is 1. The summed E-state index contributed by atoms with van der Waals surface area (Å²) in [7, 11) is 0. The fourth-order valence-electron chi connectivity index (χ4n) is 4.01. The van der Waals surface area contributed by atoms with Crippen molar-refractivity contribution in [2.75, 3.05) is 0 Å². The Morgan fingerprint density at radius 3 is 2.58 bits per heavy atom. The standard InChI is InChI=1S/C24H23NO/c1-3-18-14-19-10-11-21(15-22(19)25-23(18)26)24(4-2,20-12-13-20)16-17-8-6-5-7-9-17/h2,5-11,14-15,20H,3,12-13,16H2,1H3,(H,25,26). The Labute approximate surface area is 154 Å². The summed E-state index contributed by atoms with van der Waals surface area (Å²) in [6.07, 6.45) is 10.0. The Balaban J connectivity index is 1.83. The lowest BCUT2D eigenvalue weighted by atomic mass is 9.72. The van der Waals surface area contributed by atoms with Gasteiger partial charge in [-0.3, -0.25) is 4.79 Å². The first-order chi connectivity index (χ1) is 12.7. The molecule has 1 unspecified atom stereocenters. The van der Waals surface area contributed by atoms with Crippen LogP contribution in [0.15, 0.2) is 59.4 Å². The molecule has 0 radical (unpaired) electrons. The molecule has 0 amide bonds. The fraction of sp³-hybridized carbons (Fsp3) is 0.292. The van der Waals surface area contributed by atoms with Gasteiger partial charge in [0.15, 0.2) is 0 Å². The van der Waals surface area contributed by atoms with Gasteiger partial charge in [-0.15, -0.1) is 6.42 Å². The number of nitrogens with one attached hydrogen (secondary N) is 1. The second-order valence-electron chi connectivity index (χ2n) is 7.33. The smallest absolute Gasteiger partial charge is 0.251 e. The van der Waals surface area contributed by atoms with Crippen LogP contribution >= 0.6 is 0 Å². The van der Waals surface area contributed by atoms with Crippen molar-refractivity contribution in [1.29, 1.82) is 0 Å². The molecule has 1 fully saturated rings. The van der Waals surface area contributed by atoms with Gasteiger partial charge in [-0.2, -0.15) is 0 Å². The molecule has 1 N–H and O–H groups in total. The lowest BCUT2D eigenvalue weighted by Gasteiger charge is -2.30. The van der Waals surface area contributed by atoms with Crippen molar-refractivity contribution in [3.05, 3.63) is 81.6 Å². The van der Waals surface area contributed by atoms with E-state index in [4.69, 9.17) is 6.42 Å². The summed E-state index contributed by atoms with van der Waals surface area (Å²) in [5.41, 5.74) is 3.78. The van der Waals surface area contributed by atoms with Crippen LogP contribution < -0.4 is 5.56 Å². The van der Waals surface area contributed by atoms with Crippen LogP contribution in [0.5, 0.6) is 0 Å². The number of aryl methyl sites for hydroxylation is 1. The normalized spacial score (nSPS) is 16.2. The molecule has 4 rings (SSSR count). The molecule has 2 nitrogen and oxygen atoms in total. The van der Waals surface area contributed by atoms with Crippen LogP contribution in [0.2, 0.25) is 0 Å². The van der Waals surface area contributed by atoms with E-state index in [9.17, 15) is 4.79 Å². The van der Waals surface area contributed by atoms with Gasteiger partial charge in [0.1, 0.15) is 0 Å². The van der Waals surface area contributed by atoms with E-state index in [2.05, 4.69) is 53.4 Å². The Morgan fingerprint density at radius 1 is 1.15 bits per heavy atom. The van der Waals surface area contributed by atoms with Crippen molar-refractivity contribution in [2.45, 2.75) is 38.0 Å². The molecule has 1 aliphatic rings. The highest BCUT2D eigenvalue weighted by atomic mass is 16.1. The van der Waals surface area contributed by atoms with E-state index in [-0.39, 0.29) is 11.0 Å². The summed E-state index contributed by atoms with van der Waals surface area (Å²) in [6, 6.07) is 18.8. The molecule has 1 heterocycles. The van der Waals surface area contributed by atoms with E-state index in [1.165, 1.54) is 18.4 Å². The maximum Gasteiger partial charge on any atom is 0.251 e. The molecule has 1 aromatic heterocycles. The third kappa shape index (κ3) is 2.84. The topological polar surface area (TPSA) is 32.9 Å². The number of aromatic amines is 1. The summed E-state index contributed by atoms with van der Waals surface area (Å²) < 4.78 is 0. The molecule has 0 spiro atoms. The molecule has 1 saturated carbocycles. The second-order valence-corrected chi connectivity index (χ2v) is 7.33. The Hall–Kier alpha value is -2.79. The maximum absolute atomic E-state index is 12.2. The van der Waals surface area contributed by atoms with Crippen molar-refractivity contribution in [3.8, 4) is 12.3 Å². The van der Waals surface area contributed by atoms with Gasteiger partial charge in [0.05, 0.1) is 5.41 Å². The van der Waals surface area contributed by atoms with E-state index in [1.54, 1.807) is 0 Å². The van der Waals surface area contributed by atoms with Gasteiger partial charge in [-0.1, -0.05) is 55.3 Å². The Morgan fingerprint density at radius 2 is 1.92 bits per heavy atom. The minimum Gasteiger partial charge on any atom is -0.322 e. The van der Waals surface area contributed by atoms with Gasteiger partial charge in [-0.05, 0) is 60.2 Å². The van der Waals surface area contributed by atoms with Crippen LogP contribution in [0.1, 0.15) is 36.5 Å². The van der Waals surface area contributed by atoms with E-state index >= 15 is 0 Å². The number of hydrogen-bond donors (Lipinski definition) is 1. The molecule has 0 saturated heterocycles. The largest absolute Gasteiger partial charge is 0.322 e. The first-order valence-corrected chi connectivity index (χ1v) is 9.34. The lowest BCUT2D eigenvalue weighted by molar-refractivity contribution is 0.482. The van der Waals surface area contributed by atoms with Gasteiger partial charge in [0.25, 0.3) is 5.56 Å². The van der Waals surface area contributed by atoms with Gasteiger partial charge in [0.2, 0.25) is 0 Å². The number of rotatable bonds is 5. The average molecular weight is 341 g/mol. The lowest BCUT2D eigenvalue weighted by Crippen LogP contribution is -2.30. The summed E-state index contributed by atoms with van der Waals surface area (Å²) >= 11 is 0. The third-order valence-corrected chi connectivity index (χ3v) is 5.68. The maximum atomic E-state index is 12.2. The van der Waals surface area contributed by atoms with Crippen molar-refractivity contribution < 1.29 is 0 Å². The zero-order valence-electron chi connectivity index (χ0n) is 15.1. The first-order valence-electron chi connectivity index (χ1n) is 9.34. The molecule has 0 aliphatic heterocycles. The predicted octanol–water partition coefficient (Wildman–Crippen LogP) is 4.61. The predicted molar refractivity (Wildman–Crippen MR) is 107 cm³/mol. The number of H-pyrrole nitrogens is 1.